The lowest BCUT2D eigenvalue weighted by Gasteiger charge is -2.24. The number of nitrogens with zero attached hydrogens (tertiary/aromatic N) is 2. The van der Waals surface area contributed by atoms with E-state index in [0.717, 1.165) is 13.0 Å². The molecule has 2 nitrogen and oxygen atoms in total. The Bertz CT molecular complexity index is 944. The number of aromatic nitrogens is 2. The summed E-state index contributed by atoms with van der Waals surface area (Å²) in [6.07, 6.45) is 4.18. The summed E-state index contributed by atoms with van der Waals surface area (Å²) in [5, 5.41) is 1.41. The Balaban J connectivity index is 2.40. The van der Waals surface area contributed by atoms with Crippen LogP contribution in [0.25, 0.3) is 22.2 Å². The molecule has 0 saturated carbocycles. The summed E-state index contributed by atoms with van der Waals surface area (Å²) < 4.78 is 2.50. The lowest BCUT2D eigenvalue weighted by Crippen LogP contribution is -2.14. The molecule has 1 aromatic carbocycles. The van der Waals surface area contributed by atoms with E-state index in [-0.39, 0.29) is 5.41 Å². The molecule has 27 heavy (non-hydrogen) atoms. The molecule has 2 aromatic heterocycles. The van der Waals surface area contributed by atoms with Crippen LogP contribution in [0.1, 0.15) is 70.7 Å². The molecular weight excluding hydrogens is 328 g/mol. The second kappa shape index (κ2) is 7.50. The molecule has 144 valence electrons. The molecule has 0 bridgehead atoms. The van der Waals surface area contributed by atoms with Crippen LogP contribution in [0.4, 0.5) is 0 Å². The summed E-state index contributed by atoms with van der Waals surface area (Å²) in [6, 6.07) is 11.2. The molecule has 2 heterocycles. The van der Waals surface area contributed by atoms with E-state index in [2.05, 4.69) is 83.4 Å². The van der Waals surface area contributed by atoms with Gasteiger partial charge in [0.25, 0.3) is 0 Å². The molecule has 0 aliphatic rings. The Morgan fingerprint density at radius 2 is 1.85 bits per heavy atom. The quantitative estimate of drug-likeness (QED) is 0.456. The molecule has 2 heteroatoms. The van der Waals surface area contributed by atoms with Crippen molar-refractivity contribution in [2.45, 2.75) is 73.8 Å². The van der Waals surface area contributed by atoms with E-state index < -0.39 is 0 Å². The van der Waals surface area contributed by atoms with Gasteiger partial charge in [-0.05, 0) is 61.4 Å². The fraction of sp³-hybridized carbons (Fsp3) is 0.480. The average molecular weight is 363 g/mol. The zero-order valence-electron chi connectivity index (χ0n) is 18.1. The first-order chi connectivity index (χ1) is 12.8. The van der Waals surface area contributed by atoms with Gasteiger partial charge in [-0.2, -0.15) is 0 Å². The molecule has 0 saturated heterocycles. The Morgan fingerprint density at radius 3 is 2.48 bits per heavy atom. The molecule has 3 aromatic rings. The van der Waals surface area contributed by atoms with Crippen molar-refractivity contribution in [2.75, 3.05) is 0 Å². The maximum Gasteiger partial charge on any atom is 0.0542 e. The molecule has 0 unspecified atom stereocenters. The first kappa shape index (κ1) is 19.7. The van der Waals surface area contributed by atoms with Crippen LogP contribution in [0.5, 0.6) is 0 Å². The van der Waals surface area contributed by atoms with Crippen LogP contribution in [0.15, 0.2) is 36.5 Å². The summed E-state index contributed by atoms with van der Waals surface area (Å²) >= 11 is 0. The molecule has 0 atom stereocenters. The first-order valence-electron chi connectivity index (χ1n) is 10.4. The second-order valence-corrected chi connectivity index (χ2v) is 8.88. The summed E-state index contributed by atoms with van der Waals surface area (Å²) in [5.74, 6) is 0.401. The van der Waals surface area contributed by atoms with E-state index >= 15 is 0 Å². The van der Waals surface area contributed by atoms with Gasteiger partial charge in [0.05, 0.1) is 11.4 Å². The van der Waals surface area contributed by atoms with Crippen LogP contribution in [-0.4, -0.2) is 9.55 Å². The van der Waals surface area contributed by atoms with Gasteiger partial charge in [0.2, 0.25) is 0 Å². The molecule has 3 rings (SSSR count). The summed E-state index contributed by atoms with van der Waals surface area (Å²) in [6.45, 7) is 17.0. The van der Waals surface area contributed by atoms with Gasteiger partial charge in [-0.25, -0.2) is 0 Å². The van der Waals surface area contributed by atoms with Crippen molar-refractivity contribution in [3.8, 4) is 11.3 Å². The van der Waals surface area contributed by atoms with Crippen LogP contribution in [0.2, 0.25) is 0 Å². The highest BCUT2D eigenvalue weighted by molar-refractivity contribution is 5.93. The highest BCUT2D eigenvalue weighted by Crippen LogP contribution is 2.41. The fourth-order valence-electron chi connectivity index (χ4n) is 4.03. The lowest BCUT2D eigenvalue weighted by atomic mass is 9.81. The Kier molecular flexibility index (Phi) is 5.46. The molecule has 0 fully saturated rings. The van der Waals surface area contributed by atoms with Crippen LogP contribution < -0.4 is 0 Å². The number of fused-ring (bicyclic) bond motifs is 1. The molecule has 0 radical (unpaired) electrons. The number of aryl methyl sites for hydroxylation is 2. The van der Waals surface area contributed by atoms with Gasteiger partial charge >= 0.3 is 0 Å². The van der Waals surface area contributed by atoms with Gasteiger partial charge in [0, 0.05) is 29.2 Å². The topological polar surface area (TPSA) is 17.8 Å². The number of hydrogen-bond donors (Lipinski definition) is 0. The van der Waals surface area contributed by atoms with Gasteiger partial charge in [-0.1, -0.05) is 52.7 Å². The molecule has 0 aliphatic carbocycles. The zero-order chi connectivity index (χ0) is 19.8. The van der Waals surface area contributed by atoms with Gasteiger partial charge in [-0.15, -0.1) is 0 Å². The maximum absolute atomic E-state index is 4.76. The summed E-state index contributed by atoms with van der Waals surface area (Å²) in [4.78, 5) is 4.76. The van der Waals surface area contributed by atoms with E-state index in [1.807, 2.05) is 6.20 Å². The molecule has 0 amide bonds. The van der Waals surface area contributed by atoms with Crippen molar-refractivity contribution in [3.63, 3.8) is 0 Å². The third-order valence-corrected chi connectivity index (χ3v) is 5.89. The van der Waals surface area contributed by atoms with Crippen molar-refractivity contribution >= 4 is 10.9 Å². The molecule has 0 spiro atoms. The van der Waals surface area contributed by atoms with Crippen LogP contribution >= 0.6 is 0 Å². The minimum absolute atomic E-state index is 0.269. The second-order valence-electron chi connectivity index (χ2n) is 8.88. The Hall–Kier alpha value is -2.09. The molecular formula is C25H34N2. The van der Waals surface area contributed by atoms with Gasteiger partial charge in [0.15, 0.2) is 0 Å². The van der Waals surface area contributed by atoms with Gasteiger partial charge in [-0.3, -0.25) is 4.98 Å². The van der Waals surface area contributed by atoms with E-state index in [1.165, 1.54) is 45.4 Å². The average Bonchev–Trinajstić information content (AvgIpc) is 2.93. The number of pyridine rings is 1. The SMILES string of the molecule is CCn1c(-c2cccnc2C(C)C)c(CC(C)(C)CC)c2cc(C)ccc21. The smallest absolute Gasteiger partial charge is 0.0542 e. The Morgan fingerprint density at radius 1 is 1.11 bits per heavy atom. The minimum atomic E-state index is 0.269. The highest BCUT2D eigenvalue weighted by Gasteiger charge is 2.26. The van der Waals surface area contributed by atoms with Crippen LogP contribution in [0, 0.1) is 12.3 Å². The van der Waals surface area contributed by atoms with Crippen molar-refractivity contribution < 1.29 is 0 Å². The van der Waals surface area contributed by atoms with Crippen molar-refractivity contribution in [1.82, 2.24) is 9.55 Å². The van der Waals surface area contributed by atoms with E-state index in [9.17, 15) is 0 Å². The third kappa shape index (κ3) is 3.67. The normalized spacial score (nSPS) is 12.3. The van der Waals surface area contributed by atoms with E-state index in [1.54, 1.807) is 0 Å². The highest BCUT2D eigenvalue weighted by atomic mass is 15.0. The predicted octanol–water partition coefficient (Wildman–Crippen LogP) is 7.13. The van der Waals surface area contributed by atoms with E-state index in [0.29, 0.717) is 5.92 Å². The Labute approximate surface area is 164 Å². The lowest BCUT2D eigenvalue weighted by molar-refractivity contribution is 0.350. The maximum atomic E-state index is 4.76. The largest absolute Gasteiger partial charge is 0.340 e. The van der Waals surface area contributed by atoms with Gasteiger partial charge < -0.3 is 4.57 Å². The number of benzene rings is 1. The third-order valence-electron chi connectivity index (χ3n) is 5.89. The summed E-state index contributed by atoms with van der Waals surface area (Å²) in [5.41, 5.74) is 8.29. The standard InChI is InChI=1S/C25H34N2/c1-8-25(6,7)16-21-20-15-18(5)12-13-22(20)27(9-2)24(21)19-11-10-14-26-23(19)17(3)4/h10-15,17H,8-9,16H2,1-7H3. The van der Waals surface area contributed by atoms with Gasteiger partial charge in [0.1, 0.15) is 0 Å². The van der Waals surface area contributed by atoms with Crippen LogP contribution in [-0.2, 0) is 13.0 Å². The van der Waals surface area contributed by atoms with Crippen molar-refractivity contribution in [2.24, 2.45) is 5.41 Å². The van der Waals surface area contributed by atoms with Crippen LogP contribution in [0.3, 0.4) is 0 Å². The first-order valence-corrected chi connectivity index (χ1v) is 10.4. The van der Waals surface area contributed by atoms with Crippen molar-refractivity contribution in [3.05, 3.63) is 53.3 Å². The fourth-order valence-corrected chi connectivity index (χ4v) is 4.03. The number of hydrogen-bond acceptors (Lipinski definition) is 1. The van der Waals surface area contributed by atoms with Crippen molar-refractivity contribution in [1.29, 1.82) is 0 Å². The molecule has 0 aliphatic heterocycles. The number of rotatable bonds is 6. The summed E-state index contributed by atoms with van der Waals surface area (Å²) in [7, 11) is 0. The molecule has 0 N–H and O–H groups in total. The van der Waals surface area contributed by atoms with E-state index in [4.69, 9.17) is 4.98 Å². The predicted molar refractivity (Wildman–Crippen MR) is 117 cm³/mol. The monoisotopic (exact) mass is 362 g/mol. The minimum Gasteiger partial charge on any atom is -0.340 e. The zero-order valence-corrected chi connectivity index (χ0v) is 18.1.